The van der Waals surface area contributed by atoms with Crippen LogP contribution in [-0.4, -0.2) is 20.6 Å². The summed E-state index contributed by atoms with van der Waals surface area (Å²) in [7, 11) is 0. The standard InChI is InChI=1S/C15H18N2O2/c18-15(19)13-3-1-11(2-4-13)10-17-8-6-12-5-7-16-9-14(12)17/h5-9,11,13H,1-4,10H2,(H,18,19)/t11-,13-. The monoisotopic (exact) mass is 258 g/mol. The maximum absolute atomic E-state index is 10.9. The molecule has 1 aliphatic carbocycles. The summed E-state index contributed by atoms with van der Waals surface area (Å²) in [6, 6.07) is 4.13. The number of carboxylic acid groups (broad SMARTS) is 1. The molecule has 0 aliphatic heterocycles. The van der Waals surface area contributed by atoms with Crippen molar-refractivity contribution >= 4 is 16.9 Å². The number of pyridine rings is 1. The van der Waals surface area contributed by atoms with Gasteiger partial charge in [-0.3, -0.25) is 9.78 Å². The van der Waals surface area contributed by atoms with Gasteiger partial charge in [-0.05, 0) is 43.7 Å². The number of nitrogens with zero attached hydrogens (tertiary/aromatic N) is 2. The zero-order valence-corrected chi connectivity index (χ0v) is 10.8. The Balaban J connectivity index is 1.68. The molecule has 19 heavy (non-hydrogen) atoms. The largest absolute Gasteiger partial charge is 0.481 e. The van der Waals surface area contributed by atoms with Gasteiger partial charge in [0.2, 0.25) is 0 Å². The number of hydrogen-bond acceptors (Lipinski definition) is 2. The zero-order valence-electron chi connectivity index (χ0n) is 10.8. The summed E-state index contributed by atoms with van der Waals surface area (Å²) >= 11 is 0. The first-order valence-electron chi connectivity index (χ1n) is 6.85. The zero-order chi connectivity index (χ0) is 13.2. The van der Waals surface area contributed by atoms with Crippen molar-refractivity contribution in [3.05, 3.63) is 30.7 Å². The van der Waals surface area contributed by atoms with E-state index < -0.39 is 5.97 Å². The van der Waals surface area contributed by atoms with E-state index in [1.807, 2.05) is 18.5 Å². The maximum atomic E-state index is 10.9. The van der Waals surface area contributed by atoms with Crippen molar-refractivity contribution in [1.82, 2.24) is 9.55 Å². The van der Waals surface area contributed by atoms with Gasteiger partial charge in [-0.1, -0.05) is 0 Å². The summed E-state index contributed by atoms with van der Waals surface area (Å²) in [6.07, 6.45) is 9.47. The van der Waals surface area contributed by atoms with E-state index in [0.29, 0.717) is 5.92 Å². The predicted molar refractivity (Wildman–Crippen MR) is 72.8 cm³/mol. The molecule has 1 fully saturated rings. The lowest BCUT2D eigenvalue weighted by atomic mass is 9.82. The van der Waals surface area contributed by atoms with Gasteiger partial charge in [0.15, 0.2) is 0 Å². The molecule has 0 aromatic carbocycles. The van der Waals surface area contributed by atoms with Crippen LogP contribution in [0.3, 0.4) is 0 Å². The summed E-state index contributed by atoms with van der Waals surface area (Å²) in [6.45, 7) is 0.974. The van der Waals surface area contributed by atoms with Gasteiger partial charge in [-0.25, -0.2) is 0 Å². The van der Waals surface area contributed by atoms with Crippen molar-refractivity contribution in [3.8, 4) is 0 Å². The molecule has 3 rings (SSSR count). The molecule has 2 aromatic rings. The predicted octanol–water partition coefficient (Wildman–Crippen LogP) is 2.93. The van der Waals surface area contributed by atoms with Crippen LogP contribution in [-0.2, 0) is 11.3 Å². The van der Waals surface area contributed by atoms with Crippen LogP contribution in [0.25, 0.3) is 10.9 Å². The van der Waals surface area contributed by atoms with Crippen molar-refractivity contribution in [3.63, 3.8) is 0 Å². The highest BCUT2D eigenvalue weighted by Crippen LogP contribution is 2.30. The SMILES string of the molecule is O=C(O)[C@H]1CC[C@H](Cn2ccc3ccncc32)CC1. The molecule has 1 aliphatic rings. The normalized spacial score (nSPS) is 23.6. The third kappa shape index (κ3) is 2.48. The summed E-state index contributed by atoms with van der Waals surface area (Å²) < 4.78 is 2.24. The van der Waals surface area contributed by atoms with E-state index in [2.05, 4.69) is 21.8 Å². The molecule has 2 aromatic heterocycles. The van der Waals surface area contributed by atoms with E-state index in [9.17, 15) is 4.79 Å². The van der Waals surface area contributed by atoms with Crippen LogP contribution in [0.15, 0.2) is 30.7 Å². The quantitative estimate of drug-likeness (QED) is 0.921. The fourth-order valence-electron chi connectivity index (χ4n) is 3.06. The average molecular weight is 258 g/mol. The summed E-state index contributed by atoms with van der Waals surface area (Å²) in [5, 5.41) is 10.2. The molecule has 0 spiro atoms. The molecule has 100 valence electrons. The fourth-order valence-corrected chi connectivity index (χ4v) is 3.06. The molecule has 0 unspecified atom stereocenters. The van der Waals surface area contributed by atoms with Gasteiger partial charge in [-0.15, -0.1) is 0 Å². The number of rotatable bonds is 3. The van der Waals surface area contributed by atoms with Crippen molar-refractivity contribution in [1.29, 1.82) is 0 Å². The van der Waals surface area contributed by atoms with Crippen molar-refractivity contribution < 1.29 is 9.90 Å². The molecule has 0 radical (unpaired) electrons. The number of carboxylic acids is 1. The Morgan fingerprint density at radius 3 is 2.84 bits per heavy atom. The first-order valence-corrected chi connectivity index (χ1v) is 6.85. The summed E-state index contributed by atoms with van der Waals surface area (Å²) in [4.78, 5) is 15.1. The minimum Gasteiger partial charge on any atom is -0.481 e. The topological polar surface area (TPSA) is 55.1 Å². The van der Waals surface area contributed by atoms with Crippen molar-refractivity contribution in [2.75, 3.05) is 0 Å². The van der Waals surface area contributed by atoms with Crippen molar-refractivity contribution in [2.24, 2.45) is 11.8 Å². The van der Waals surface area contributed by atoms with Crippen LogP contribution >= 0.6 is 0 Å². The van der Waals surface area contributed by atoms with Gasteiger partial charge in [-0.2, -0.15) is 0 Å². The molecule has 0 saturated heterocycles. The summed E-state index contributed by atoms with van der Waals surface area (Å²) in [5.41, 5.74) is 1.17. The van der Waals surface area contributed by atoms with Crippen LogP contribution in [0.4, 0.5) is 0 Å². The molecule has 0 atom stereocenters. The Labute approximate surface area is 112 Å². The lowest BCUT2D eigenvalue weighted by molar-refractivity contribution is -0.143. The van der Waals surface area contributed by atoms with Gasteiger partial charge in [0.05, 0.1) is 17.6 Å². The second-order valence-electron chi connectivity index (χ2n) is 5.46. The number of aliphatic carboxylic acids is 1. The average Bonchev–Trinajstić information content (AvgIpc) is 2.83. The van der Waals surface area contributed by atoms with Crippen LogP contribution in [0, 0.1) is 11.8 Å². The Kier molecular flexibility index (Phi) is 3.23. The fraction of sp³-hybridized carbons (Fsp3) is 0.467. The van der Waals surface area contributed by atoms with E-state index in [-0.39, 0.29) is 5.92 Å². The molecule has 1 saturated carbocycles. The van der Waals surface area contributed by atoms with Gasteiger partial charge in [0.25, 0.3) is 0 Å². The van der Waals surface area contributed by atoms with Gasteiger partial charge >= 0.3 is 5.97 Å². The minimum absolute atomic E-state index is 0.126. The van der Waals surface area contributed by atoms with Gasteiger partial charge < -0.3 is 9.67 Å². The molecule has 4 heteroatoms. The molecule has 0 amide bonds. The highest BCUT2D eigenvalue weighted by atomic mass is 16.4. The van der Waals surface area contributed by atoms with Crippen LogP contribution in [0.1, 0.15) is 25.7 Å². The second-order valence-corrected chi connectivity index (χ2v) is 5.46. The van der Waals surface area contributed by atoms with Crippen LogP contribution in [0.5, 0.6) is 0 Å². The molecular weight excluding hydrogens is 240 g/mol. The smallest absolute Gasteiger partial charge is 0.306 e. The molecular formula is C15H18N2O2. The Morgan fingerprint density at radius 2 is 2.11 bits per heavy atom. The minimum atomic E-state index is -0.630. The van der Waals surface area contributed by atoms with E-state index in [1.165, 1.54) is 10.9 Å². The molecule has 1 N–H and O–H groups in total. The van der Waals surface area contributed by atoms with E-state index >= 15 is 0 Å². The number of carbonyl (C=O) groups is 1. The van der Waals surface area contributed by atoms with Gasteiger partial charge in [0, 0.05) is 24.3 Å². The third-order valence-corrected chi connectivity index (χ3v) is 4.23. The first kappa shape index (κ1) is 12.2. The lowest BCUT2D eigenvalue weighted by Crippen LogP contribution is -2.23. The second kappa shape index (κ2) is 5.03. The summed E-state index contributed by atoms with van der Waals surface area (Å²) in [5.74, 6) is -0.167. The van der Waals surface area contributed by atoms with E-state index in [0.717, 1.165) is 32.2 Å². The van der Waals surface area contributed by atoms with Gasteiger partial charge in [0.1, 0.15) is 0 Å². The number of aromatic nitrogens is 2. The first-order chi connectivity index (χ1) is 9.24. The Hall–Kier alpha value is -1.84. The number of fused-ring (bicyclic) bond motifs is 1. The Bertz CT molecular complexity index is 583. The Morgan fingerprint density at radius 1 is 1.32 bits per heavy atom. The van der Waals surface area contributed by atoms with E-state index in [1.54, 1.807) is 0 Å². The van der Waals surface area contributed by atoms with E-state index in [4.69, 9.17) is 5.11 Å². The maximum Gasteiger partial charge on any atom is 0.306 e. The number of hydrogen-bond donors (Lipinski definition) is 1. The van der Waals surface area contributed by atoms with Crippen LogP contribution < -0.4 is 0 Å². The van der Waals surface area contributed by atoms with Crippen molar-refractivity contribution in [2.45, 2.75) is 32.2 Å². The molecule has 4 nitrogen and oxygen atoms in total. The highest BCUT2D eigenvalue weighted by Gasteiger charge is 2.26. The third-order valence-electron chi connectivity index (χ3n) is 4.23. The lowest BCUT2D eigenvalue weighted by Gasteiger charge is -2.26. The molecule has 2 heterocycles. The molecule has 0 bridgehead atoms. The van der Waals surface area contributed by atoms with Crippen LogP contribution in [0.2, 0.25) is 0 Å². The highest BCUT2D eigenvalue weighted by molar-refractivity contribution is 5.78.